The average molecular weight is 356 g/mol. The van der Waals surface area contributed by atoms with Gasteiger partial charge in [0.25, 0.3) is 0 Å². The van der Waals surface area contributed by atoms with Gasteiger partial charge in [0, 0.05) is 13.0 Å². The van der Waals surface area contributed by atoms with Gasteiger partial charge in [-0.05, 0) is 30.5 Å². The quantitative estimate of drug-likeness (QED) is 0.901. The number of aliphatic carboxylic acids is 1. The van der Waals surface area contributed by atoms with Crippen molar-refractivity contribution in [1.82, 2.24) is 4.90 Å². The van der Waals surface area contributed by atoms with Gasteiger partial charge in [0.05, 0.1) is 23.6 Å². The Bertz CT molecular complexity index is 662. The smallest absolute Gasteiger partial charge is 0.310 e. The highest BCUT2D eigenvalue weighted by Gasteiger charge is 2.46. The van der Waals surface area contributed by atoms with Crippen molar-refractivity contribution in [3.05, 3.63) is 34.6 Å². The maximum Gasteiger partial charge on any atom is 0.310 e. The van der Waals surface area contributed by atoms with Crippen LogP contribution in [0, 0.1) is 11.2 Å². The van der Waals surface area contributed by atoms with Crippen LogP contribution in [0.2, 0.25) is 5.02 Å². The zero-order valence-electron chi connectivity index (χ0n) is 13.1. The van der Waals surface area contributed by atoms with Gasteiger partial charge in [-0.3, -0.25) is 9.59 Å². The molecule has 0 bridgehead atoms. The molecule has 1 saturated heterocycles. The molecular formula is C17H19ClFNO4. The van der Waals surface area contributed by atoms with E-state index in [4.69, 9.17) is 16.3 Å². The number of carboxylic acids is 1. The average Bonchev–Trinajstić information content (AvgIpc) is 2.53. The molecule has 0 spiro atoms. The fourth-order valence-corrected chi connectivity index (χ4v) is 3.45. The van der Waals surface area contributed by atoms with Gasteiger partial charge < -0.3 is 14.7 Å². The number of hydrogen-bond acceptors (Lipinski definition) is 3. The molecule has 1 aliphatic carbocycles. The van der Waals surface area contributed by atoms with Crippen LogP contribution in [0.4, 0.5) is 4.39 Å². The van der Waals surface area contributed by atoms with Gasteiger partial charge in [0.2, 0.25) is 5.91 Å². The van der Waals surface area contributed by atoms with Gasteiger partial charge in [-0.25, -0.2) is 4.39 Å². The minimum absolute atomic E-state index is 0.0128. The molecule has 1 saturated carbocycles. The number of halogens is 2. The fraction of sp³-hybridized carbons (Fsp3) is 0.529. The first kappa shape index (κ1) is 17.2. The topological polar surface area (TPSA) is 66.8 Å². The third kappa shape index (κ3) is 3.26. The molecule has 130 valence electrons. The summed E-state index contributed by atoms with van der Waals surface area (Å²) in [5, 5.41) is 9.38. The summed E-state index contributed by atoms with van der Waals surface area (Å²) >= 11 is 5.80. The lowest BCUT2D eigenvalue weighted by Gasteiger charge is -2.40. The van der Waals surface area contributed by atoms with Gasteiger partial charge in [-0.15, -0.1) is 0 Å². The number of ether oxygens (including phenoxy) is 1. The Kier molecular flexibility index (Phi) is 4.78. The number of carboxylic acid groups (broad SMARTS) is 1. The molecular weight excluding hydrogens is 337 g/mol. The molecule has 3 rings (SSSR count). The van der Waals surface area contributed by atoms with E-state index < -0.39 is 17.2 Å². The first-order valence-electron chi connectivity index (χ1n) is 7.99. The number of hydrogen-bond donors (Lipinski definition) is 1. The monoisotopic (exact) mass is 355 g/mol. The van der Waals surface area contributed by atoms with Crippen molar-refractivity contribution in [3.63, 3.8) is 0 Å². The molecule has 7 heteroatoms. The molecule has 1 atom stereocenters. The fourth-order valence-electron chi connectivity index (χ4n) is 3.26. The lowest BCUT2D eigenvalue weighted by atomic mass is 9.66. The highest BCUT2D eigenvalue weighted by molar-refractivity contribution is 6.30. The number of carbonyl (C=O) groups excluding carboxylic acids is 1. The van der Waals surface area contributed by atoms with Gasteiger partial charge in [0.1, 0.15) is 11.9 Å². The molecule has 5 nitrogen and oxygen atoms in total. The predicted octanol–water partition coefficient (Wildman–Crippen LogP) is 3.02. The summed E-state index contributed by atoms with van der Waals surface area (Å²) in [5.41, 5.74) is -0.195. The van der Waals surface area contributed by atoms with Crippen LogP contribution in [-0.4, -0.2) is 41.6 Å². The summed E-state index contributed by atoms with van der Waals surface area (Å²) in [6, 6.07) is 4.36. The number of benzene rings is 1. The van der Waals surface area contributed by atoms with E-state index in [-0.39, 0.29) is 23.5 Å². The van der Waals surface area contributed by atoms with Crippen LogP contribution in [-0.2, 0) is 14.3 Å². The lowest BCUT2D eigenvalue weighted by molar-refractivity contribution is -0.161. The zero-order chi connectivity index (χ0) is 17.3. The predicted molar refractivity (Wildman–Crippen MR) is 85.2 cm³/mol. The third-order valence-electron chi connectivity index (χ3n) is 4.99. The highest BCUT2D eigenvalue weighted by Crippen LogP contribution is 2.44. The Morgan fingerprint density at radius 2 is 2.17 bits per heavy atom. The van der Waals surface area contributed by atoms with Crippen molar-refractivity contribution >= 4 is 23.5 Å². The van der Waals surface area contributed by atoms with E-state index in [0.717, 1.165) is 6.42 Å². The second-order valence-electron chi connectivity index (χ2n) is 6.49. The minimum atomic E-state index is -0.899. The van der Waals surface area contributed by atoms with E-state index in [1.165, 1.54) is 12.1 Å². The molecule has 2 aliphatic rings. The number of amides is 1. The number of morpholine rings is 1. The van der Waals surface area contributed by atoms with E-state index in [0.29, 0.717) is 38.1 Å². The maximum atomic E-state index is 13.3. The summed E-state index contributed by atoms with van der Waals surface area (Å²) in [4.78, 5) is 25.6. The number of rotatable bonds is 4. The minimum Gasteiger partial charge on any atom is -0.481 e. The van der Waals surface area contributed by atoms with Crippen LogP contribution >= 0.6 is 11.6 Å². The van der Waals surface area contributed by atoms with E-state index in [1.807, 2.05) is 0 Å². The van der Waals surface area contributed by atoms with Gasteiger partial charge in [-0.1, -0.05) is 24.1 Å². The normalized spacial score (nSPS) is 22.8. The van der Waals surface area contributed by atoms with Crippen molar-refractivity contribution in [1.29, 1.82) is 0 Å². The highest BCUT2D eigenvalue weighted by atomic mass is 35.5. The second-order valence-corrected chi connectivity index (χ2v) is 6.90. The van der Waals surface area contributed by atoms with Crippen molar-refractivity contribution in [2.24, 2.45) is 5.41 Å². The van der Waals surface area contributed by atoms with Crippen molar-refractivity contribution < 1.29 is 23.8 Å². The maximum absolute atomic E-state index is 13.3. The summed E-state index contributed by atoms with van der Waals surface area (Å²) < 4.78 is 19.0. The van der Waals surface area contributed by atoms with Crippen LogP contribution in [0.25, 0.3) is 0 Å². The molecule has 1 N–H and O–H groups in total. The van der Waals surface area contributed by atoms with Crippen molar-refractivity contribution in [3.8, 4) is 0 Å². The van der Waals surface area contributed by atoms with Crippen LogP contribution in [0.1, 0.15) is 37.4 Å². The van der Waals surface area contributed by atoms with Gasteiger partial charge in [-0.2, -0.15) is 0 Å². The molecule has 1 aromatic rings. The van der Waals surface area contributed by atoms with E-state index >= 15 is 0 Å². The first-order chi connectivity index (χ1) is 11.4. The number of nitrogens with zero attached hydrogens (tertiary/aromatic N) is 1. The van der Waals surface area contributed by atoms with Crippen LogP contribution < -0.4 is 0 Å². The molecule has 1 amide bonds. The SMILES string of the molecule is O=C(CC1(C(=O)O)CCC1)N1CCOC(c2ccc(F)c(Cl)c2)C1. The molecule has 1 aliphatic heterocycles. The Morgan fingerprint density at radius 3 is 2.75 bits per heavy atom. The molecule has 1 unspecified atom stereocenters. The Balaban J connectivity index is 1.67. The summed E-state index contributed by atoms with van der Waals surface area (Å²) in [7, 11) is 0. The first-order valence-corrected chi connectivity index (χ1v) is 8.37. The van der Waals surface area contributed by atoms with Crippen LogP contribution in [0.15, 0.2) is 18.2 Å². The third-order valence-corrected chi connectivity index (χ3v) is 5.28. The standard InChI is InChI=1S/C17H19ClFNO4/c18-12-8-11(2-3-13(12)19)14-10-20(6-7-24-14)15(21)9-17(16(22)23)4-1-5-17/h2-3,8,14H,1,4-7,9-10H2,(H,22,23). The van der Waals surface area contributed by atoms with Gasteiger partial charge >= 0.3 is 5.97 Å². The Morgan fingerprint density at radius 1 is 1.42 bits per heavy atom. The molecule has 1 aromatic carbocycles. The molecule has 0 aromatic heterocycles. The van der Waals surface area contributed by atoms with Gasteiger partial charge in [0.15, 0.2) is 0 Å². The van der Waals surface area contributed by atoms with Crippen LogP contribution in [0.3, 0.4) is 0 Å². The van der Waals surface area contributed by atoms with Crippen molar-refractivity contribution in [2.45, 2.75) is 31.8 Å². The van der Waals surface area contributed by atoms with Crippen molar-refractivity contribution in [2.75, 3.05) is 19.7 Å². The van der Waals surface area contributed by atoms with E-state index in [9.17, 15) is 19.1 Å². The summed E-state index contributed by atoms with van der Waals surface area (Å²) in [6.07, 6.45) is 1.59. The summed E-state index contributed by atoms with van der Waals surface area (Å²) in [6.45, 7) is 1.10. The molecule has 2 fully saturated rings. The Labute approximate surface area is 144 Å². The van der Waals surface area contributed by atoms with E-state index in [1.54, 1.807) is 11.0 Å². The molecule has 0 radical (unpaired) electrons. The van der Waals surface area contributed by atoms with Crippen LogP contribution in [0.5, 0.6) is 0 Å². The van der Waals surface area contributed by atoms with E-state index in [2.05, 4.69) is 0 Å². The zero-order valence-corrected chi connectivity index (χ0v) is 13.9. The molecule has 1 heterocycles. The summed E-state index contributed by atoms with van der Waals surface area (Å²) in [5.74, 6) is -1.56. The lowest BCUT2D eigenvalue weighted by Crippen LogP contribution is -2.47. The molecule has 24 heavy (non-hydrogen) atoms. The Hall–Kier alpha value is -1.66. The largest absolute Gasteiger partial charge is 0.481 e. The number of carbonyl (C=O) groups is 2. The second kappa shape index (κ2) is 6.69.